The molecule has 0 aromatic carbocycles. The van der Waals surface area contributed by atoms with Crippen molar-refractivity contribution in [1.29, 1.82) is 0 Å². The van der Waals surface area contributed by atoms with Gasteiger partial charge < -0.3 is 12.6 Å². The summed E-state index contributed by atoms with van der Waals surface area (Å²) in [6.07, 6.45) is 2.17. The highest BCUT2D eigenvalue weighted by atomic mass is 35.5. The van der Waals surface area contributed by atoms with E-state index in [2.05, 4.69) is 12.6 Å². The van der Waals surface area contributed by atoms with Gasteiger partial charge in [-0.15, -0.1) is 11.6 Å². The van der Waals surface area contributed by atoms with Crippen LogP contribution in [0.1, 0.15) is 12.8 Å². The van der Waals surface area contributed by atoms with Gasteiger partial charge in [0.25, 0.3) is 0 Å². The van der Waals surface area contributed by atoms with Crippen LogP contribution in [-0.4, -0.2) is 11.6 Å². The predicted molar refractivity (Wildman–Crippen MR) is 32.2 cm³/mol. The first-order chi connectivity index (χ1) is 2.91. The Balaban J connectivity index is 2.34. The van der Waals surface area contributed by atoms with Gasteiger partial charge in [0.05, 0.1) is 0 Å². The maximum absolute atomic E-state index is 5.33. The molecule has 0 heterocycles. The molecule has 0 unspecified atom stereocenters. The lowest BCUT2D eigenvalue weighted by molar-refractivity contribution is 0.905. The fourth-order valence-corrected chi connectivity index (χ4v) is 0.590. The van der Waals surface area contributed by atoms with Gasteiger partial charge in [-0.3, -0.25) is 0 Å². The smallest absolute Gasteiger partial charge is 0.0222 e. The summed E-state index contributed by atoms with van der Waals surface area (Å²) >= 11 is 9.99. The number of halogens is 1. The maximum atomic E-state index is 5.33. The molecule has 0 saturated carbocycles. The average molecular weight is 124 g/mol. The molecule has 0 aromatic heterocycles. The monoisotopic (exact) mass is 123 g/mol. The van der Waals surface area contributed by atoms with E-state index in [-0.39, 0.29) is 0 Å². The molecule has 0 spiro atoms. The molecule has 0 N–H and O–H groups in total. The van der Waals surface area contributed by atoms with Crippen LogP contribution in [0, 0.1) is 0 Å². The quantitative estimate of drug-likeness (QED) is 0.312. The van der Waals surface area contributed by atoms with Crippen molar-refractivity contribution in [3.8, 4) is 0 Å². The number of rotatable bonds is 3. The molecule has 0 aliphatic rings. The minimum absolute atomic E-state index is 0.761. The third kappa shape index (κ3) is 4.64. The van der Waals surface area contributed by atoms with E-state index in [1.165, 1.54) is 0 Å². The van der Waals surface area contributed by atoms with E-state index >= 15 is 0 Å². The fraction of sp³-hybridized carbons (Fsp3) is 1.00. The maximum Gasteiger partial charge on any atom is 0.0222 e. The first-order valence-corrected chi connectivity index (χ1v) is 3.17. The summed E-state index contributed by atoms with van der Waals surface area (Å²) in [6, 6.07) is 0. The molecule has 0 aliphatic heterocycles. The van der Waals surface area contributed by atoms with Crippen LogP contribution < -0.4 is 0 Å². The Bertz CT molecular complexity index is 19.5. The van der Waals surface area contributed by atoms with Gasteiger partial charge in [0.2, 0.25) is 0 Å². The van der Waals surface area contributed by atoms with Gasteiger partial charge in [-0.25, -0.2) is 0 Å². The summed E-state index contributed by atoms with van der Waals surface area (Å²) in [6.45, 7) is 0. The van der Waals surface area contributed by atoms with Crippen molar-refractivity contribution in [1.82, 2.24) is 0 Å². The highest BCUT2D eigenvalue weighted by molar-refractivity contribution is 7.58. The Morgan fingerprint density at radius 2 is 2.00 bits per heavy atom. The lowest BCUT2D eigenvalue weighted by atomic mass is 10.4. The molecule has 0 aromatic rings. The molecular formula is C4H8ClS-. The van der Waals surface area contributed by atoms with Gasteiger partial charge in [-0.2, -0.15) is 5.75 Å². The molecule has 38 valence electrons. The molecule has 0 radical (unpaired) electrons. The summed E-state index contributed by atoms with van der Waals surface area (Å²) in [7, 11) is 0. The van der Waals surface area contributed by atoms with Crippen molar-refractivity contribution in [3.05, 3.63) is 0 Å². The second-order valence-corrected chi connectivity index (χ2v) is 1.89. The van der Waals surface area contributed by atoms with Crippen LogP contribution in [0.4, 0.5) is 0 Å². The molecule has 0 bridgehead atoms. The molecule has 0 aliphatic carbocycles. The van der Waals surface area contributed by atoms with Crippen molar-refractivity contribution >= 4 is 24.2 Å². The largest absolute Gasteiger partial charge is 0.793 e. The zero-order valence-electron chi connectivity index (χ0n) is 3.61. The SMILES string of the molecule is [S-]CCCCCl. The second kappa shape index (κ2) is 5.64. The number of hydrogen-bond donors (Lipinski definition) is 0. The molecule has 0 fully saturated rings. The molecule has 6 heavy (non-hydrogen) atoms. The predicted octanol–water partition coefficient (Wildman–Crippen LogP) is 1.55. The third-order valence-corrected chi connectivity index (χ3v) is 1.08. The lowest BCUT2D eigenvalue weighted by Crippen LogP contribution is -1.78. The van der Waals surface area contributed by atoms with Gasteiger partial charge >= 0.3 is 0 Å². The summed E-state index contributed by atoms with van der Waals surface area (Å²) in [4.78, 5) is 0. The van der Waals surface area contributed by atoms with Crippen LogP contribution in [0.15, 0.2) is 0 Å². The van der Waals surface area contributed by atoms with Crippen molar-refractivity contribution in [2.24, 2.45) is 0 Å². The first kappa shape index (κ1) is 6.64. The van der Waals surface area contributed by atoms with Crippen LogP contribution in [0.5, 0.6) is 0 Å². The van der Waals surface area contributed by atoms with Gasteiger partial charge in [-0.1, -0.05) is 6.42 Å². The zero-order valence-corrected chi connectivity index (χ0v) is 5.19. The number of unbranched alkanes of at least 4 members (excludes halogenated alkanes) is 1. The minimum atomic E-state index is 0.761. The van der Waals surface area contributed by atoms with E-state index < -0.39 is 0 Å². The standard InChI is InChI=1S/C4H9ClS/c5-3-1-2-4-6/h6H,1-4H2/p-1. The molecule has 0 amide bonds. The van der Waals surface area contributed by atoms with E-state index in [0.29, 0.717) is 0 Å². The van der Waals surface area contributed by atoms with Crippen LogP contribution in [0.2, 0.25) is 0 Å². The summed E-state index contributed by atoms with van der Waals surface area (Å²) < 4.78 is 0. The van der Waals surface area contributed by atoms with Crippen LogP contribution in [0.25, 0.3) is 0 Å². The van der Waals surface area contributed by atoms with Crippen molar-refractivity contribution < 1.29 is 0 Å². The first-order valence-electron chi connectivity index (χ1n) is 2.06. The second-order valence-electron chi connectivity index (χ2n) is 1.10. The molecule has 0 saturated heterocycles. The lowest BCUT2D eigenvalue weighted by Gasteiger charge is -1.96. The van der Waals surface area contributed by atoms with E-state index in [4.69, 9.17) is 11.6 Å². The van der Waals surface area contributed by atoms with E-state index in [0.717, 1.165) is 24.5 Å². The van der Waals surface area contributed by atoms with E-state index in [1.807, 2.05) is 0 Å². The summed E-state index contributed by atoms with van der Waals surface area (Å²) in [5.41, 5.74) is 0. The average Bonchev–Trinajstić information content (AvgIpc) is 1.61. The summed E-state index contributed by atoms with van der Waals surface area (Å²) in [5, 5.41) is 0. The number of hydrogen-bond acceptors (Lipinski definition) is 1. The van der Waals surface area contributed by atoms with E-state index in [1.54, 1.807) is 0 Å². The fourth-order valence-electron chi connectivity index (χ4n) is 0.197. The molecule has 0 rings (SSSR count). The highest BCUT2D eigenvalue weighted by Gasteiger charge is 1.72. The van der Waals surface area contributed by atoms with Crippen molar-refractivity contribution in [2.45, 2.75) is 12.8 Å². The number of alkyl halides is 1. The molecule has 2 heteroatoms. The van der Waals surface area contributed by atoms with Crippen LogP contribution in [-0.2, 0) is 12.6 Å². The van der Waals surface area contributed by atoms with Crippen LogP contribution in [0.3, 0.4) is 0 Å². The highest BCUT2D eigenvalue weighted by Crippen LogP contribution is 1.88. The Morgan fingerprint density at radius 1 is 1.33 bits per heavy atom. The third-order valence-electron chi connectivity index (χ3n) is 0.528. The van der Waals surface area contributed by atoms with Gasteiger partial charge in [-0.05, 0) is 6.42 Å². The Morgan fingerprint density at radius 3 is 2.17 bits per heavy atom. The van der Waals surface area contributed by atoms with Crippen molar-refractivity contribution in [2.75, 3.05) is 11.6 Å². The van der Waals surface area contributed by atoms with Gasteiger partial charge in [0, 0.05) is 5.88 Å². The topological polar surface area (TPSA) is 0 Å². The Labute approximate surface area is 49.3 Å². The Kier molecular flexibility index (Phi) is 6.24. The molecule has 0 atom stereocenters. The Hall–Kier alpha value is 0.640. The summed E-state index contributed by atoms with van der Waals surface area (Å²) in [5.74, 6) is 1.61. The molecule has 0 nitrogen and oxygen atoms in total. The van der Waals surface area contributed by atoms with Crippen molar-refractivity contribution in [3.63, 3.8) is 0 Å². The van der Waals surface area contributed by atoms with Gasteiger partial charge in [0.15, 0.2) is 0 Å². The van der Waals surface area contributed by atoms with Crippen LogP contribution >= 0.6 is 11.6 Å². The van der Waals surface area contributed by atoms with E-state index in [9.17, 15) is 0 Å². The zero-order chi connectivity index (χ0) is 4.83. The van der Waals surface area contributed by atoms with Gasteiger partial charge in [0.1, 0.15) is 0 Å². The molecular weight excluding hydrogens is 116 g/mol. The minimum Gasteiger partial charge on any atom is -0.793 e. The normalized spacial score (nSPS) is 9.00.